The predicted octanol–water partition coefficient (Wildman–Crippen LogP) is 2.51. The van der Waals surface area contributed by atoms with Gasteiger partial charge in [0, 0.05) is 11.3 Å². The maximum Gasteiger partial charge on any atom is 0.0172 e. The molecule has 0 bridgehead atoms. The molecule has 0 aliphatic heterocycles. The van der Waals surface area contributed by atoms with Gasteiger partial charge in [0.15, 0.2) is 0 Å². The van der Waals surface area contributed by atoms with Crippen molar-refractivity contribution in [3.05, 3.63) is 0 Å². The number of hydrogen-bond acceptors (Lipinski definition) is 2. The van der Waals surface area contributed by atoms with E-state index in [1.165, 1.54) is 0 Å². The van der Waals surface area contributed by atoms with Crippen molar-refractivity contribution >= 4 is 11.8 Å². The van der Waals surface area contributed by atoms with Crippen LogP contribution < -0.4 is 5.32 Å². The summed E-state index contributed by atoms with van der Waals surface area (Å²) >= 11 is 2.04. The Balaban J connectivity index is 3.54. The topological polar surface area (TPSA) is 12.0 Å². The summed E-state index contributed by atoms with van der Waals surface area (Å²) in [6.07, 6.45) is 0. The fourth-order valence-electron chi connectivity index (χ4n) is 1.04. The van der Waals surface area contributed by atoms with E-state index >= 15 is 0 Å². The minimum atomic E-state index is 0.632. The maximum absolute atomic E-state index is 3.43. The second-order valence-corrected chi connectivity index (χ2v) is 5.19. The monoisotopic (exact) mass is 175 g/mol. The van der Waals surface area contributed by atoms with Crippen molar-refractivity contribution < 1.29 is 0 Å². The Hall–Kier alpha value is 0.310. The molecule has 68 valence electrons. The van der Waals surface area contributed by atoms with Gasteiger partial charge in [-0.2, -0.15) is 11.8 Å². The molecule has 0 saturated carbocycles. The Kier molecular flexibility index (Phi) is 6.06. The molecule has 0 radical (unpaired) electrons. The first kappa shape index (κ1) is 11.3. The van der Waals surface area contributed by atoms with Crippen LogP contribution in [0.1, 0.15) is 34.6 Å². The summed E-state index contributed by atoms with van der Waals surface area (Å²) in [5.74, 6) is 0. The zero-order valence-corrected chi connectivity index (χ0v) is 9.16. The molecule has 2 heteroatoms. The second kappa shape index (κ2) is 5.90. The summed E-state index contributed by atoms with van der Waals surface area (Å²) in [6.45, 7) is 12.3. The Morgan fingerprint density at radius 1 is 1.18 bits per heavy atom. The van der Waals surface area contributed by atoms with Gasteiger partial charge in [-0.3, -0.25) is 0 Å². The summed E-state index contributed by atoms with van der Waals surface area (Å²) in [4.78, 5) is 0. The summed E-state index contributed by atoms with van der Waals surface area (Å²) in [6, 6.07) is 0.632. The van der Waals surface area contributed by atoms with E-state index in [0.717, 1.165) is 17.0 Å². The summed E-state index contributed by atoms with van der Waals surface area (Å²) < 4.78 is 0. The van der Waals surface area contributed by atoms with Crippen molar-refractivity contribution in [2.24, 2.45) is 0 Å². The lowest BCUT2D eigenvalue weighted by Gasteiger charge is -2.21. The quantitative estimate of drug-likeness (QED) is 0.689. The van der Waals surface area contributed by atoms with Crippen LogP contribution in [0, 0.1) is 0 Å². The molecule has 11 heavy (non-hydrogen) atoms. The Bertz CT molecular complexity index is 93.6. The maximum atomic E-state index is 3.43. The van der Waals surface area contributed by atoms with E-state index < -0.39 is 0 Å². The average molecular weight is 175 g/mol. The van der Waals surface area contributed by atoms with Crippen LogP contribution in [-0.4, -0.2) is 23.1 Å². The van der Waals surface area contributed by atoms with Gasteiger partial charge < -0.3 is 5.32 Å². The second-order valence-electron chi connectivity index (χ2n) is 3.24. The van der Waals surface area contributed by atoms with Crippen molar-refractivity contribution in [2.75, 3.05) is 6.54 Å². The first-order valence-electron chi connectivity index (χ1n) is 4.46. The highest BCUT2D eigenvalue weighted by molar-refractivity contribution is 8.00. The van der Waals surface area contributed by atoms with Crippen molar-refractivity contribution in [1.29, 1.82) is 0 Å². The van der Waals surface area contributed by atoms with Gasteiger partial charge in [-0.1, -0.05) is 27.7 Å². The zero-order chi connectivity index (χ0) is 8.85. The number of hydrogen-bond donors (Lipinski definition) is 1. The first-order chi connectivity index (χ1) is 5.07. The minimum absolute atomic E-state index is 0.632. The molecular weight excluding hydrogens is 154 g/mol. The van der Waals surface area contributed by atoms with Gasteiger partial charge >= 0.3 is 0 Å². The van der Waals surface area contributed by atoms with E-state index in [4.69, 9.17) is 0 Å². The molecule has 2 atom stereocenters. The van der Waals surface area contributed by atoms with Crippen LogP contribution in [0.5, 0.6) is 0 Å². The summed E-state index contributed by atoms with van der Waals surface area (Å²) in [5.41, 5.74) is 0. The van der Waals surface area contributed by atoms with Crippen LogP contribution in [0.25, 0.3) is 0 Å². The highest BCUT2D eigenvalue weighted by Gasteiger charge is 2.12. The van der Waals surface area contributed by atoms with Gasteiger partial charge in [-0.15, -0.1) is 0 Å². The molecule has 0 aromatic rings. The lowest BCUT2D eigenvalue weighted by Crippen LogP contribution is -2.34. The highest BCUT2D eigenvalue weighted by Crippen LogP contribution is 2.19. The van der Waals surface area contributed by atoms with E-state index in [9.17, 15) is 0 Å². The molecule has 0 aliphatic carbocycles. The van der Waals surface area contributed by atoms with Crippen molar-refractivity contribution in [3.8, 4) is 0 Å². The van der Waals surface area contributed by atoms with Crippen LogP contribution in [0.3, 0.4) is 0 Å². The van der Waals surface area contributed by atoms with Crippen molar-refractivity contribution in [3.63, 3.8) is 0 Å². The molecule has 0 saturated heterocycles. The molecule has 0 rings (SSSR count). The molecule has 0 aliphatic rings. The van der Waals surface area contributed by atoms with Gasteiger partial charge in [0.1, 0.15) is 0 Å². The molecule has 0 heterocycles. The van der Waals surface area contributed by atoms with E-state index in [1.807, 2.05) is 11.8 Å². The fourth-order valence-corrected chi connectivity index (χ4v) is 2.23. The third-order valence-electron chi connectivity index (χ3n) is 1.72. The van der Waals surface area contributed by atoms with E-state index in [0.29, 0.717) is 6.04 Å². The van der Waals surface area contributed by atoms with Crippen molar-refractivity contribution in [2.45, 2.75) is 51.2 Å². The third kappa shape index (κ3) is 5.57. The molecular formula is C9H21NS. The van der Waals surface area contributed by atoms with Crippen molar-refractivity contribution in [1.82, 2.24) is 5.32 Å². The van der Waals surface area contributed by atoms with Crippen LogP contribution in [0.15, 0.2) is 0 Å². The van der Waals surface area contributed by atoms with Crippen LogP contribution >= 0.6 is 11.8 Å². The summed E-state index contributed by atoms with van der Waals surface area (Å²) in [5, 5.41) is 4.89. The standard InChI is InChI=1S/C9H21NS/c1-6-10-8(4)9(5)11-7(2)3/h7-10H,6H2,1-5H3. The summed E-state index contributed by atoms with van der Waals surface area (Å²) in [7, 11) is 0. The number of rotatable bonds is 5. The number of nitrogens with one attached hydrogen (secondary N) is 1. The normalized spacial score (nSPS) is 16.9. The SMILES string of the molecule is CCNC(C)C(C)SC(C)C. The molecule has 0 aromatic heterocycles. The molecule has 0 spiro atoms. The van der Waals surface area contributed by atoms with E-state index in [-0.39, 0.29) is 0 Å². The van der Waals surface area contributed by atoms with E-state index in [2.05, 4.69) is 39.9 Å². The number of thioether (sulfide) groups is 1. The molecule has 1 nitrogen and oxygen atoms in total. The largest absolute Gasteiger partial charge is 0.313 e. The Labute approximate surface area is 75.3 Å². The fraction of sp³-hybridized carbons (Fsp3) is 1.00. The first-order valence-corrected chi connectivity index (χ1v) is 5.41. The molecule has 0 amide bonds. The molecule has 2 unspecified atom stereocenters. The zero-order valence-electron chi connectivity index (χ0n) is 8.35. The van der Waals surface area contributed by atoms with Gasteiger partial charge in [-0.05, 0) is 18.7 Å². The Morgan fingerprint density at radius 3 is 2.09 bits per heavy atom. The lowest BCUT2D eigenvalue weighted by atomic mass is 10.2. The predicted molar refractivity (Wildman–Crippen MR) is 55.3 cm³/mol. The van der Waals surface area contributed by atoms with Crippen LogP contribution in [-0.2, 0) is 0 Å². The molecule has 1 N–H and O–H groups in total. The van der Waals surface area contributed by atoms with Crippen LogP contribution in [0.4, 0.5) is 0 Å². The molecule has 0 aromatic carbocycles. The van der Waals surface area contributed by atoms with Gasteiger partial charge in [-0.25, -0.2) is 0 Å². The molecule has 0 fully saturated rings. The third-order valence-corrected chi connectivity index (χ3v) is 3.10. The van der Waals surface area contributed by atoms with Gasteiger partial charge in [0.25, 0.3) is 0 Å². The van der Waals surface area contributed by atoms with Gasteiger partial charge in [0.05, 0.1) is 0 Å². The lowest BCUT2D eigenvalue weighted by molar-refractivity contribution is 0.562. The highest BCUT2D eigenvalue weighted by atomic mass is 32.2. The van der Waals surface area contributed by atoms with E-state index in [1.54, 1.807) is 0 Å². The minimum Gasteiger partial charge on any atom is -0.313 e. The van der Waals surface area contributed by atoms with Crippen LogP contribution in [0.2, 0.25) is 0 Å². The average Bonchev–Trinajstić information content (AvgIpc) is 1.86. The smallest absolute Gasteiger partial charge is 0.0172 e. The van der Waals surface area contributed by atoms with Gasteiger partial charge in [0.2, 0.25) is 0 Å². The Morgan fingerprint density at radius 2 is 1.73 bits per heavy atom.